The minimum absolute atomic E-state index is 0.187. The molecule has 5 heteroatoms. The Morgan fingerprint density at radius 2 is 2.40 bits per heavy atom. The summed E-state index contributed by atoms with van der Waals surface area (Å²) in [6.45, 7) is 2.17. The molecule has 15 heavy (non-hydrogen) atoms. The molecule has 0 bridgehead atoms. The van der Waals surface area contributed by atoms with E-state index in [1.165, 1.54) is 0 Å². The van der Waals surface area contributed by atoms with Crippen molar-refractivity contribution < 1.29 is 15.0 Å². The summed E-state index contributed by atoms with van der Waals surface area (Å²) in [6, 6.07) is 0. The largest absolute Gasteiger partial charge is 0.480 e. The Balaban J connectivity index is 2.34. The summed E-state index contributed by atoms with van der Waals surface area (Å²) >= 11 is 1.73. The first-order valence-corrected chi connectivity index (χ1v) is 6.27. The van der Waals surface area contributed by atoms with Crippen LogP contribution in [0.15, 0.2) is 0 Å². The molecule has 0 aromatic carbocycles. The lowest BCUT2D eigenvalue weighted by atomic mass is 10.0. The van der Waals surface area contributed by atoms with Gasteiger partial charge in [-0.2, -0.15) is 11.8 Å². The van der Waals surface area contributed by atoms with E-state index in [2.05, 4.69) is 0 Å². The normalized spacial score (nSPS) is 32.9. The Morgan fingerprint density at radius 1 is 1.73 bits per heavy atom. The molecule has 0 spiro atoms. The fourth-order valence-electron chi connectivity index (χ4n) is 1.72. The first-order chi connectivity index (χ1) is 6.98. The van der Waals surface area contributed by atoms with Gasteiger partial charge in [0.15, 0.2) is 0 Å². The van der Waals surface area contributed by atoms with Crippen LogP contribution < -0.4 is 5.73 Å². The second-order valence-corrected chi connectivity index (χ2v) is 5.78. The first-order valence-electron chi connectivity index (χ1n) is 5.22. The van der Waals surface area contributed by atoms with Crippen molar-refractivity contribution in [2.45, 2.75) is 37.0 Å². The summed E-state index contributed by atoms with van der Waals surface area (Å²) in [6.07, 6.45) is 1.98. The van der Waals surface area contributed by atoms with Crippen molar-refractivity contribution in [3.63, 3.8) is 0 Å². The van der Waals surface area contributed by atoms with Gasteiger partial charge in [-0.25, -0.2) is 0 Å². The predicted molar refractivity (Wildman–Crippen MR) is 60.9 cm³/mol. The number of thioether (sulfide) groups is 1. The highest BCUT2D eigenvalue weighted by Crippen LogP contribution is 2.36. The summed E-state index contributed by atoms with van der Waals surface area (Å²) in [7, 11) is 0. The number of rotatable bonds is 5. The average molecular weight is 233 g/mol. The van der Waals surface area contributed by atoms with E-state index in [0.717, 1.165) is 12.2 Å². The van der Waals surface area contributed by atoms with E-state index >= 15 is 0 Å². The van der Waals surface area contributed by atoms with Crippen LogP contribution in [0.2, 0.25) is 0 Å². The third kappa shape index (κ3) is 3.36. The standard InChI is InChI=1S/C10H19NO3S/c1-7(5-12)6-15-8-2-3-10(11,4-8)9(13)14/h7-8,12H,2-6,11H2,1H3,(H,13,14). The van der Waals surface area contributed by atoms with Crippen molar-refractivity contribution in [1.82, 2.24) is 0 Å². The van der Waals surface area contributed by atoms with Crippen LogP contribution in [0.1, 0.15) is 26.2 Å². The minimum Gasteiger partial charge on any atom is -0.480 e. The Labute approximate surface area is 94.2 Å². The topological polar surface area (TPSA) is 83.5 Å². The molecule has 1 aliphatic rings. The molecule has 1 saturated carbocycles. The highest BCUT2D eigenvalue weighted by Gasteiger charge is 2.42. The maximum Gasteiger partial charge on any atom is 0.323 e. The number of aliphatic hydroxyl groups is 1. The molecule has 3 unspecified atom stereocenters. The third-order valence-electron chi connectivity index (χ3n) is 2.86. The minimum atomic E-state index is -1.01. The van der Waals surface area contributed by atoms with Gasteiger partial charge in [0.05, 0.1) is 0 Å². The summed E-state index contributed by atoms with van der Waals surface area (Å²) in [4.78, 5) is 10.9. The van der Waals surface area contributed by atoms with E-state index in [1.807, 2.05) is 6.92 Å². The third-order valence-corrected chi connectivity index (χ3v) is 4.49. The molecule has 0 aromatic heterocycles. The van der Waals surface area contributed by atoms with Crippen LogP contribution in [0.25, 0.3) is 0 Å². The lowest BCUT2D eigenvalue weighted by Crippen LogP contribution is -2.45. The molecule has 4 N–H and O–H groups in total. The number of aliphatic carboxylic acids is 1. The van der Waals surface area contributed by atoms with Gasteiger partial charge in [0.1, 0.15) is 5.54 Å². The van der Waals surface area contributed by atoms with E-state index in [9.17, 15) is 4.79 Å². The summed E-state index contributed by atoms with van der Waals surface area (Å²) in [5.74, 6) is 0.255. The van der Waals surface area contributed by atoms with Gasteiger partial charge in [-0.3, -0.25) is 4.79 Å². The highest BCUT2D eigenvalue weighted by atomic mass is 32.2. The maximum atomic E-state index is 10.9. The molecule has 1 aliphatic carbocycles. The lowest BCUT2D eigenvalue weighted by Gasteiger charge is -2.18. The van der Waals surface area contributed by atoms with Crippen LogP contribution in [0.3, 0.4) is 0 Å². The second-order valence-electron chi connectivity index (χ2n) is 4.45. The number of nitrogens with two attached hydrogens (primary N) is 1. The van der Waals surface area contributed by atoms with Gasteiger partial charge in [-0.1, -0.05) is 6.92 Å². The molecule has 0 saturated heterocycles. The van der Waals surface area contributed by atoms with Crippen LogP contribution >= 0.6 is 11.8 Å². The molecule has 1 fully saturated rings. The van der Waals surface area contributed by atoms with Gasteiger partial charge in [0.2, 0.25) is 0 Å². The molecule has 0 radical (unpaired) electrons. The second kappa shape index (κ2) is 5.18. The van der Waals surface area contributed by atoms with Crippen molar-refractivity contribution in [3.8, 4) is 0 Å². The fourth-order valence-corrected chi connectivity index (χ4v) is 3.12. The molecule has 1 rings (SSSR count). The van der Waals surface area contributed by atoms with Crippen LogP contribution in [-0.4, -0.2) is 39.3 Å². The Kier molecular flexibility index (Phi) is 4.43. The van der Waals surface area contributed by atoms with Crippen molar-refractivity contribution in [1.29, 1.82) is 0 Å². The van der Waals surface area contributed by atoms with Crippen molar-refractivity contribution in [2.75, 3.05) is 12.4 Å². The monoisotopic (exact) mass is 233 g/mol. The Hall–Kier alpha value is -0.260. The molecule has 4 nitrogen and oxygen atoms in total. The zero-order valence-corrected chi connectivity index (χ0v) is 9.80. The average Bonchev–Trinajstić information content (AvgIpc) is 2.58. The predicted octanol–water partition coefficient (Wildman–Crippen LogP) is 0.683. The summed E-state index contributed by atoms with van der Waals surface area (Å²) in [5, 5.41) is 18.1. The number of hydrogen-bond donors (Lipinski definition) is 3. The van der Waals surface area contributed by atoms with Gasteiger partial charge in [-0.05, 0) is 30.9 Å². The van der Waals surface area contributed by atoms with Crippen LogP contribution in [0.4, 0.5) is 0 Å². The van der Waals surface area contributed by atoms with Crippen molar-refractivity contribution >= 4 is 17.7 Å². The van der Waals surface area contributed by atoms with E-state index in [1.54, 1.807) is 11.8 Å². The molecular weight excluding hydrogens is 214 g/mol. The van der Waals surface area contributed by atoms with Gasteiger partial charge in [0, 0.05) is 11.9 Å². The fraction of sp³-hybridized carbons (Fsp3) is 0.900. The number of carboxylic acid groups (broad SMARTS) is 1. The van der Waals surface area contributed by atoms with Gasteiger partial charge >= 0.3 is 5.97 Å². The van der Waals surface area contributed by atoms with Crippen LogP contribution in [-0.2, 0) is 4.79 Å². The van der Waals surface area contributed by atoms with Crippen molar-refractivity contribution in [2.24, 2.45) is 11.7 Å². The molecule has 0 heterocycles. The van der Waals surface area contributed by atoms with Crippen LogP contribution in [0, 0.1) is 5.92 Å². The zero-order valence-electron chi connectivity index (χ0n) is 8.98. The smallest absolute Gasteiger partial charge is 0.323 e. The molecule has 0 aliphatic heterocycles. The number of carboxylic acids is 1. The number of carbonyl (C=O) groups is 1. The quantitative estimate of drug-likeness (QED) is 0.650. The van der Waals surface area contributed by atoms with Crippen molar-refractivity contribution in [3.05, 3.63) is 0 Å². The van der Waals surface area contributed by atoms with Gasteiger partial charge in [0.25, 0.3) is 0 Å². The zero-order chi connectivity index (χ0) is 11.5. The molecular formula is C10H19NO3S. The number of aliphatic hydroxyl groups excluding tert-OH is 1. The highest BCUT2D eigenvalue weighted by molar-refractivity contribution is 7.99. The Morgan fingerprint density at radius 3 is 2.87 bits per heavy atom. The maximum absolute atomic E-state index is 10.9. The van der Waals surface area contributed by atoms with E-state index in [-0.39, 0.29) is 12.5 Å². The molecule has 0 amide bonds. The first kappa shape index (κ1) is 12.8. The lowest BCUT2D eigenvalue weighted by molar-refractivity contribution is -0.143. The number of hydrogen-bond acceptors (Lipinski definition) is 4. The molecule has 3 atom stereocenters. The van der Waals surface area contributed by atoms with Gasteiger partial charge < -0.3 is 15.9 Å². The van der Waals surface area contributed by atoms with E-state index in [4.69, 9.17) is 15.9 Å². The Bertz CT molecular complexity index is 237. The molecule has 0 aromatic rings. The van der Waals surface area contributed by atoms with Crippen LogP contribution in [0.5, 0.6) is 0 Å². The van der Waals surface area contributed by atoms with E-state index in [0.29, 0.717) is 18.1 Å². The van der Waals surface area contributed by atoms with Gasteiger partial charge in [-0.15, -0.1) is 0 Å². The SMILES string of the molecule is CC(CO)CSC1CCC(N)(C(=O)O)C1. The summed E-state index contributed by atoms with van der Waals surface area (Å²) < 4.78 is 0. The molecule has 88 valence electrons. The van der Waals surface area contributed by atoms with E-state index < -0.39 is 11.5 Å². The summed E-state index contributed by atoms with van der Waals surface area (Å²) in [5.41, 5.74) is 4.76.